The molecule has 0 aromatic heterocycles. The van der Waals surface area contributed by atoms with Gasteiger partial charge in [-0.25, -0.2) is 16.8 Å². The smallest absolute Gasteiger partial charge is 0.216 e. The van der Waals surface area contributed by atoms with Crippen LogP contribution in [0.15, 0.2) is 0 Å². The van der Waals surface area contributed by atoms with E-state index < -0.39 is 19.0 Å². The van der Waals surface area contributed by atoms with Gasteiger partial charge < -0.3 is 9.87 Å². The molecule has 0 aliphatic carbocycles. The summed E-state index contributed by atoms with van der Waals surface area (Å²) in [5.41, 5.74) is 0. The minimum Gasteiger partial charge on any atom is -0.739 e. The molecular formula is C8H16NO6S4-. The van der Waals surface area contributed by atoms with E-state index in [1.54, 1.807) is 0 Å². The van der Waals surface area contributed by atoms with Crippen molar-refractivity contribution in [3.8, 4) is 0 Å². The van der Waals surface area contributed by atoms with Crippen LogP contribution in [0.1, 0.15) is 6.92 Å². The first-order valence-corrected chi connectivity index (χ1v) is 11.1. The van der Waals surface area contributed by atoms with Crippen LogP contribution in [0.2, 0.25) is 0 Å². The zero-order valence-electron chi connectivity index (χ0n) is 10.3. The van der Waals surface area contributed by atoms with E-state index in [2.05, 4.69) is 5.32 Å². The average molecular weight is 350 g/mol. The second kappa shape index (κ2) is 9.06. The predicted molar refractivity (Wildman–Crippen MR) is 76.8 cm³/mol. The van der Waals surface area contributed by atoms with E-state index in [0.29, 0.717) is 18.1 Å². The summed E-state index contributed by atoms with van der Waals surface area (Å²) in [7, 11) is -7.68. The lowest BCUT2D eigenvalue weighted by Gasteiger charge is -2.07. The lowest BCUT2D eigenvalue weighted by molar-refractivity contribution is -0.118. The Morgan fingerprint density at radius 1 is 1.11 bits per heavy atom. The first kappa shape index (κ1) is 19.0. The van der Waals surface area contributed by atoms with E-state index in [1.165, 1.54) is 18.7 Å². The molecule has 0 heterocycles. The van der Waals surface area contributed by atoms with E-state index in [1.807, 2.05) is 0 Å². The highest BCUT2D eigenvalue weighted by Crippen LogP contribution is 2.10. The van der Waals surface area contributed by atoms with Gasteiger partial charge in [0.25, 0.3) is 0 Å². The SMILES string of the molecule is CC(=O)NCCSCCS(=O)(=O)CCSS(=O)(=O)[O-]. The molecule has 0 radical (unpaired) electrons. The van der Waals surface area contributed by atoms with Crippen molar-refractivity contribution in [3.05, 3.63) is 0 Å². The molecular weight excluding hydrogens is 334 g/mol. The fourth-order valence-corrected chi connectivity index (χ4v) is 5.81. The minimum absolute atomic E-state index is 0.0722. The highest BCUT2D eigenvalue weighted by molar-refractivity contribution is 8.69. The van der Waals surface area contributed by atoms with E-state index in [9.17, 15) is 26.2 Å². The zero-order chi connectivity index (χ0) is 14.9. The largest absolute Gasteiger partial charge is 0.739 e. The van der Waals surface area contributed by atoms with Crippen molar-refractivity contribution < 1.29 is 26.2 Å². The first-order valence-electron chi connectivity index (χ1n) is 5.25. The van der Waals surface area contributed by atoms with Crippen molar-refractivity contribution in [1.29, 1.82) is 0 Å². The Balaban J connectivity index is 3.71. The van der Waals surface area contributed by atoms with E-state index >= 15 is 0 Å². The number of carbonyl (C=O) groups is 1. The Kier molecular flexibility index (Phi) is 9.07. The summed E-state index contributed by atoms with van der Waals surface area (Å²) in [6.45, 7) is 1.88. The number of nitrogens with one attached hydrogen (secondary N) is 1. The van der Waals surface area contributed by atoms with Crippen molar-refractivity contribution in [1.82, 2.24) is 5.32 Å². The topological polar surface area (TPSA) is 120 Å². The molecule has 19 heavy (non-hydrogen) atoms. The summed E-state index contributed by atoms with van der Waals surface area (Å²) in [6, 6.07) is 0. The quantitative estimate of drug-likeness (QED) is 0.317. The van der Waals surface area contributed by atoms with Crippen LogP contribution in [0.25, 0.3) is 0 Å². The minimum atomic E-state index is -4.43. The fourth-order valence-electron chi connectivity index (χ4n) is 0.952. The molecule has 0 aromatic rings. The summed E-state index contributed by atoms with van der Waals surface area (Å²) < 4.78 is 53.8. The summed E-state index contributed by atoms with van der Waals surface area (Å²) in [6.07, 6.45) is 0. The van der Waals surface area contributed by atoms with Crippen LogP contribution in [0.3, 0.4) is 0 Å². The number of amides is 1. The second-order valence-corrected chi connectivity index (χ2v) is 10.4. The van der Waals surface area contributed by atoms with Crippen LogP contribution >= 0.6 is 22.6 Å². The van der Waals surface area contributed by atoms with Crippen molar-refractivity contribution in [2.45, 2.75) is 6.92 Å². The molecule has 0 atom stereocenters. The lowest BCUT2D eigenvalue weighted by Crippen LogP contribution is -2.23. The summed E-state index contributed by atoms with van der Waals surface area (Å²) in [5.74, 6) is 0.201. The van der Waals surface area contributed by atoms with Crippen molar-refractivity contribution in [3.63, 3.8) is 0 Å². The van der Waals surface area contributed by atoms with Gasteiger partial charge >= 0.3 is 0 Å². The van der Waals surface area contributed by atoms with Gasteiger partial charge in [0.2, 0.25) is 5.91 Å². The molecule has 114 valence electrons. The highest BCUT2D eigenvalue weighted by Gasteiger charge is 2.11. The van der Waals surface area contributed by atoms with Gasteiger partial charge in [-0.3, -0.25) is 4.79 Å². The van der Waals surface area contributed by atoms with Gasteiger partial charge in [0.1, 0.15) is 9.15 Å². The Morgan fingerprint density at radius 3 is 2.21 bits per heavy atom. The second-order valence-electron chi connectivity index (χ2n) is 3.48. The molecule has 0 saturated carbocycles. The number of hydrogen-bond acceptors (Lipinski definition) is 8. The number of sulfone groups is 1. The Morgan fingerprint density at radius 2 is 1.68 bits per heavy atom. The molecule has 0 saturated heterocycles. The maximum absolute atomic E-state index is 11.5. The first-order chi connectivity index (χ1) is 8.62. The zero-order valence-corrected chi connectivity index (χ0v) is 13.6. The van der Waals surface area contributed by atoms with Crippen molar-refractivity contribution in [2.75, 3.05) is 35.3 Å². The van der Waals surface area contributed by atoms with Gasteiger partial charge in [-0.15, -0.1) is 0 Å². The van der Waals surface area contributed by atoms with Gasteiger partial charge in [0.05, 0.1) is 11.5 Å². The molecule has 0 aliphatic rings. The molecule has 0 aliphatic heterocycles. The van der Waals surface area contributed by atoms with Crippen LogP contribution in [0.5, 0.6) is 0 Å². The Hall–Kier alpha value is 0.0300. The third-order valence-electron chi connectivity index (χ3n) is 1.78. The molecule has 1 N–H and O–H groups in total. The van der Waals surface area contributed by atoms with Crippen molar-refractivity contribution in [2.24, 2.45) is 0 Å². The van der Waals surface area contributed by atoms with E-state index in [-0.39, 0.29) is 34.0 Å². The third-order valence-corrected chi connectivity index (χ3v) is 6.96. The number of carbonyl (C=O) groups excluding carboxylic acids is 1. The molecule has 1 amide bonds. The van der Waals surface area contributed by atoms with Crippen LogP contribution in [-0.4, -0.2) is 62.6 Å². The predicted octanol–water partition coefficient (Wildman–Crippen LogP) is -0.536. The van der Waals surface area contributed by atoms with Gasteiger partial charge in [-0.1, -0.05) is 0 Å². The maximum atomic E-state index is 11.5. The number of thioether (sulfide) groups is 1. The van der Waals surface area contributed by atoms with Gasteiger partial charge in [-0.05, 0) is 10.8 Å². The normalized spacial score (nSPS) is 12.3. The monoisotopic (exact) mass is 350 g/mol. The van der Waals surface area contributed by atoms with Crippen LogP contribution in [0, 0.1) is 0 Å². The molecule has 11 heteroatoms. The van der Waals surface area contributed by atoms with E-state index in [0.717, 1.165) is 0 Å². The highest BCUT2D eigenvalue weighted by atomic mass is 33.1. The maximum Gasteiger partial charge on any atom is 0.216 e. The molecule has 0 unspecified atom stereocenters. The molecule has 7 nitrogen and oxygen atoms in total. The lowest BCUT2D eigenvalue weighted by atomic mass is 10.6. The summed E-state index contributed by atoms with van der Waals surface area (Å²) in [5, 5.41) is 2.58. The Labute approximate surface area is 121 Å². The summed E-state index contributed by atoms with van der Waals surface area (Å²) >= 11 is 1.38. The molecule has 0 bridgehead atoms. The van der Waals surface area contributed by atoms with Crippen LogP contribution in [0.4, 0.5) is 0 Å². The molecule has 0 fully saturated rings. The number of hydrogen-bond donors (Lipinski definition) is 1. The average Bonchev–Trinajstić information content (AvgIpc) is 2.20. The van der Waals surface area contributed by atoms with Gasteiger partial charge in [-0.2, -0.15) is 11.8 Å². The molecule has 0 rings (SSSR count). The fraction of sp³-hybridized carbons (Fsp3) is 0.875. The van der Waals surface area contributed by atoms with Crippen molar-refractivity contribution >= 4 is 47.5 Å². The summed E-state index contributed by atoms with van der Waals surface area (Å²) in [4.78, 5) is 10.5. The third kappa shape index (κ3) is 14.3. The number of rotatable bonds is 10. The molecule has 0 spiro atoms. The van der Waals surface area contributed by atoms with Crippen LogP contribution < -0.4 is 5.32 Å². The standard InChI is InChI=1S/C8H17NO6S4/c1-8(10)9-2-3-16-4-6-18(11,12)7-5-17-19(13,14)15/h2-7H2,1H3,(H,9,10)(H,13,14,15)/p-1. The van der Waals surface area contributed by atoms with E-state index in [4.69, 9.17) is 0 Å². The van der Waals surface area contributed by atoms with Gasteiger partial charge in [0.15, 0.2) is 9.84 Å². The van der Waals surface area contributed by atoms with Gasteiger partial charge in [0, 0.05) is 30.7 Å². The Bertz CT molecular complexity index is 471. The van der Waals surface area contributed by atoms with Crippen LogP contribution in [-0.2, 0) is 23.8 Å². The molecule has 0 aromatic carbocycles.